The Balaban J connectivity index is 2.73. The van der Waals surface area contributed by atoms with Gasteiger partial charge in [-0.05, 0) is 20.5 Å². The number of aliphatic hydroxyl groups is 1. The minimum absolute atomic E-state index is 0.0602. The molecule has 0 aliphatic heterocycles. The smallest absolute Gasteiger partial charge is 0.245 e. The Hall–Kier alpha value is -0.960. The molecule has 0 bridgehead atoms. The van der Waals surface area contributed by atoms with E-state index in [2.05, 4.69) is 5.10 Å². The lowest BCUT2D eigenvalue weighted by molar-refractivity contribution is 0.277. The van der Waals surface area contributed by atoms with Crippen molar-refractivity contribution in [2.45, 2.75) is 17.9 Å². The minimum Gasteiger partial charge on any atom is -0.396 e. The Morgan fingerprint density at radius 2 is 2.00 bits per heavy atom. The lowest BCUT2D eigenvalue weighted by Crippen LogP contribution is -2.33. The van der Waals surface area contributed by atoms with Gasteiger partial charge in [-0.2, -0.15) is 9.40 Å². The summed E-state index contributed by atoms with van der Waals surface area (Å²) >= 11 is 0. The second-order valence-corrected chi connectivity index (χ2v) is 6.69. The van der Waals surface area contributed by atoms with Crippen LogP contribution in [-0.4, -0.2) is 73.3 Å². The normalized spacial score (nSPS) is 12.5. The van der Waals surface area contributed by atoms with Gasteiger partial charge in [-0.1, -0.05) is 0 Å². The summed E-state index contributed by atoms with van der Waals surface area (Å²) < 4.78 is 27.3. The van der Waals surface area contributed by atoms with E-state index in [0.717, 1.165) is 0 Å². The van der Waals surface area contributed by atoms with Crippen LogP contribution in [0.4, 0.5) is 0 Å². The van der Waals surface area contributed by atoms with E-state index in [1.54, 1.807) is 7.05 Å². The van der Waals surface area contributed by atoms with Gasteiger partial charge in [0.2, 0.25) is 10.0 Å². The van der Waals surface area contributed by atoms with E-state index in [0.29, 0.717) is 26.1 Å². The van der Waals surface area contributed by atoms with Gasteiger partial charge in [0, 0.05) is 39.5 Å². The third kappa shape index (κ3) is 4.57. The summed E-state index contributed by atoms with van der Waals surface area (Å²) in [5, 5.41) is 12.7. The van der Waals surface area contributed by atoms with Crippen molar-refractivity contribution in [2.75, 3.05) is 40.8 Å². The van der Waals surface area contributed by atoms with Crippen LogP contribution in [0.3, 0.4) is 0 Å². The monoisotopic (exact) mass is 290 g/mol. The van der Waals surface area contributed by atoms with Crippen molar-refractivity contribution in [1.29, 1.82) is 0 Å². The summed E-state index contributed by atoms with van der Waals surface area (Å²) in [5.41, 5.74) is 0. The molecule has 0 aromatic carbocycles. The van der Waals surface area contributed by atoms with Crippen molar-refractivity contribution in [3.63, 3.8) is 0 Å². The van der Waals surface area contributed by atoms with Gasteiger partial charge in [-0.25, -0.2) is 8.42 Å². The number of aliphatic hydroxyl groups excluding tert-OH is 1. The van der Waals surface area contributed by atoms with E-state index in [1.165, 1.54) is 21.4 Å². The Morgan fingerprint density at radius 3 is 2.58 bits per heavy atom. The molecule has 7 nitrogen and oxygen atoms in total. The summed E-state index contributed by atoms with van der Waals surface area (Å²) in [6.45, 7) is 1.66. The number of hydrogen-bond donors (Lipinski definition) is 1. The van der Waals surface area contributed by atoms with Crippen molar-refractivity contribution in [3.05, 3.63) is 12.4 Å². The predicted molar refractivity (Wildman–Crippen MR) is 72.3 cm³/mol. The molecule has 1 rings (SSSR count). The van der Waals surface area contributed by atoms with Crippen LogP contribution in [0.15, 0.2) is 17.3 Å². The molecule has 1 heterocycles. The van der Waals surface area contributed by atoms with Gasteiger partial charge >= 0.3 is 0 Å². The zero-order chi connectivity index (χ0) is 14.5. The molecule has 0 radical (unpaired) electrons. The van der Waals surface area contributed by atoms with Crippen LogP contribution in [-0.2, 0) is 16.6 Å². The SMILES string of the molecule is CN(C)CCN(C)S(=O)(=O)c1cnn(CCCO)c1. The number of likely N-dealkylation sites (N-methyl/N-ethyl adjacent to an activating group) is 2. The number of sulfonamides is 1. The van der Waals surface area contributed by atoms with Crippen LogP contribution < -0.4 is 0 Å². The van der Waals surface area contributed by atoms with E-state index in [1.807, 2.05) is 19.0 Å². The lowest BCUT2D eigenvalue weighted by atomic mass is 10.5. The molecule has 19 heavy (non-hydrogen) atoms. The van der Waals surface area contributed by atoms with Gasteiger partial charge in [-0.3, -0.25) is 4.68 Å². The Morgan fingerprint density at radius 1 is 1.32 bits per heavy atom. The minimum atomic E-state index is -3.48. The number of nitrogens with zero attached hydrogens (tertiary/aromatic N) is 4. The Labute approximate surface area is 114 Å². The molecule has 110 valence electrons. The van der Waals surface area contributed by atoms with E-state index in [9.17, 15) is 8.42 Å². The molecule has 1 N–H and O–H groups in total. The first-order valence-electron chi connectivity index (χ1n) is 6.12. The third-order valence-corrected chi connectivity index (χ3v) is 4.53. The maximum absolute atomic E-state index is 12.2. The van der Waals surface area contributed by atoms with Crippen LogP contribution in [0.2, 0.25) is 0 Å². The fourth-order valence-corrected chi connectivity index (χ4v) is 2.59. The third-order valence-electron chi connectivity index (χ3n) is 2.73. The maximum atomic E-state index is 12.2. The van der Waals surface area contributed by atoms with Gasteiger partial charge in [-0.15, -0.1) is 0 Å². The molecule has 0 aliphatic rings. The molecular weight excluding hydrogens is 268 g/mol. The molecule has 0 saturated carbocycles. The predicted octanol–water partition coefficient (Wildman–Crippen LogP) is -0.552. The lowest BCUT2D eigenvalue weighted by Gasteiger charge is -2.18. The van der Waals surface area contributed by atoms with E-state index >= 15 is 0 Å². The maximum Gasteiger partial charge on any atom is 0.245 e. The molecule has 0 saturated heterocycles. The average molecular weight is 290 g/mol. The number of rotatable bonds is 8. The van der Waals surface area contributed by atoms with E-state index in [4.69, 9.17) is 5.11 Å². The summed E-state index contributed by atoms with van der Waals surface area (Å²) in [4.78, 5) is 2.11. The molecule has 1 aromatic heterocycles. The second-order valence-electron chi connectivity index (χ2n) is 4.65. The highest BCUT2D eigenvalue weighted by atomic mass is 32.2. The summed E-state index contributed by atoms with van der Waals surface area (Å²) in [6.07, 6.45) is 3.40. The van der Waals surface area contributed by atoms with Crippen molar-refractivity contribution >= 4 is 10.0 Å². The van der Waals surface area contributed by atoms with Crippen molar-refractivity contribution in [2.24, 2.45) is 0 Å². The molecule has 0 amide bonds. The standard InChI is InChI=1S/C11H22N4O3S/c1-13(2)6-7-14(3)19(17,18)11-9-12-15(10-11)5-4-8-16/h9-10,16H,4-8H2,1-3H3. The average Bonchev–Trinajstić information content (AvgIpc) is 2.82. The van der Waals surface area contributed by atoms with Crippen LogP contribution >= 0.6 is 0 Å². The zero-order valence-corrected chi connectivity index (χ0v) is 12.5. The quantitative estimate of drug-likeness (QED) is 0.695. The number of hydrogen-bond acceptors (Lipinski definition) is 5. The highest BCUT2D eigenvalue weighted by Crippen LogP contribution is 2.13. The molecule has 0 unspecified atom stereocenters. The highest BCUT2D eigenvalue weighted by molar-refractivity contribution is 7.89. The second kappa shape index (κ2) is 6.99. The fraction of sp³-hybridized carbons (Fsp3) is 0.727. The Kier molecular flexibility index (Phi) is 5.92. The van der Waals surface area contributed by atoms with Crippen LogP contribution in [0, 0.1) is 0 Å². The molecule has 0 fully saturated rings. The van der Waals surface area contributed by atoms with E-state index in [-0.39, 0.29) is 11.5 Å². The van der Waals surface area contributed by atoms with Gasteiger partial charge in [0.25, 0.3) is 0 Å². The first kappa shape index (κ1) is 16.1. The number of aryl methyl sites for hydroxylation is 1. The summed E-state index contributed by atoms with van der Waals surface area (Å²) in [6, 6.07) is 0. The van der Waals surface area contributed by atoms with Crippen molar-refractivity contribution < 1.29 is 13.5 Å². The summed E-state index contributed by atoms with van der Waals surface area (Å²) in [5.74, 6) is 0. The van der Waals surface area contributed by atoms with Crippen molar-refractivity contribution in [1.82, 2.24) is 19.0 Å². The Bertz CT molecular complexity index is 484. The highest BCUT2D eigenvalue weighted by Gasteiger charge is 2.22. The topological polar surface area (TPSA) is 78.7 Å². The van der Waals surface area contributed by atoms with Gasteiger partial charge in [0.05, 0.1) is 6.20 Å². The van der Waals surface area contributed by atoms with Crippen LogP contribution in [0.5, 0.6) is 0 Å². The van der Waals surface area contributed by atoms with Gasteiger partial charge in [0.15, 0.2) is 0 Å². The van der Waals surface area contributed by atoms with E-state index < -0.39 is 10.0 Å². The molecule has 0 aliphatic carbocycles. The molecule has 0 atom stereocenters. The first-order chi connectivity index (χ1) is 8.87. The molecule has 8 heteroatoms. The molecule has 0 spiro atoms. The number of aromatic nitrogens is 2. The first-order valence-corrected chi connectivity index (χ1v) is 7.56. The molecular formula is C11H22N4O3S. The zero-order valence-electron chi connectivity index (χ0n) is 11.7. The molecule has 1 aromatic rings. The summed E-state index contributed by atoms with van der Waals surface area (Å²) in [7, 11) is 1.87. The van der Waals surface area contributed by atoms with Crippen LogP contribution in [0.1, 0.15) is 6.42 Å². The van der Waals surface area contributed by atoms with Crippen LogP contribution in [0.25, 0.3) is 0 Å². The van der Waals surface area contributed by atoms with Gasteiger partial charge in [0.1, 0.15) is 4.90 Å². The van der Waals surface area contributed by atoms with Gasteiger partial charge < -0.3 is 10.0 Å². The fourth-order valence-electron chi connectivity index (χ4n) is 1.47. The largest absolute Gasteiger partial charge is 0.396 e. The van der Waals surface area contributed by atoms with Crippen molar-refractivity contribution in [3.8, 4) is 0 Å².